The van der Waals surface area contributed by atoms with E-state index < -0.39 is 0 Å². The fourth-order valence-corrected chi connectivity index (χ4v) is 9.11. The highest BCUT2D eigenvalue weighted by atomic mass is 16.5. The van der Waals surface area contributed by atoms with Crippen molar-refractivity contribution >= 4 is 51.5 Å². The molecule has 3 nitrogen and oxygen atoms in total. The van der Waals surface area contributed by atoms with Crippen LogP contribution >= 0.6 is 0 Å². The van der Waals surface area contributed by atoms with Crippen molar-refractivity contribution in [2.75, 3.05) is 9.80 Å². The van der Waals surface area contributed by atoms with Crippen molar-refractivity contribution < 1.29 is 4.74 Å². The maximum Gasteiger partial charge on any atom is 0.256 e. The van der Waals surface area contributed by atoms with Crippen molar-refractivity contribution in [1.29, 1.82) is 0 Å². The van der Waals surface area contributed by atoms with Crippen molar-refractivity contribution in [1.82, 2.24) is 0 Å². The molecular weight excluding hydrogens is 547 g/mol. The summed E-state index contributed by atoms with van der Waals surface area (Å²) < 4.78 is 6.93. The van der Waals surface area contributed by atoms with E-state index in [1.54, 1.807) is 5.56 Å². The molecule has 0 saturated heterocycles. The average Bonchev–Trinajstić information content (AvgIpc) is 3.27. The maximum atomic E-state index is 6.93. The summed E-state index contributed by atoms with van der Waals surface area (Å²) in [5.74, 6) is 2.40. The highest BCUT2D eigenvalue weighted by molar-refractivity contribution is 6.99. The molecule has 45 heavy (non-hydrogen) atoms. The van der Waals surface area contributed by atoms with Crippen LogP contribution in [0.2, 0.25) is 0 Å². The minimum Gasteiger partial charge on any atom is -0.458 e. The van der Waals surface area contributed by atoms with Gasteiger partial charge < -0.3 is 14.5 Å². The van der Waals surface area contributed by atoms with Crippen LogP contribution in [0.15, 0.2) is 109 Å². The lowest BCUT2D eigenvalue weighted by Gasteiger charge is -2.52. The van der Waals surface area contributed by atoms with E-state index in [0.29, 0.717) is 5.92 Å². The van der Waals surface area contributed by atoms with Gasteiger partial charge in [-0.3, -0.25) is 0 Å². The molecule has 4 heteroatoms. The third kappa shape index (κ3) is 3.60. The van der Waals surface area contributed by atoms with E-state index >= 15 is 0 Å². The van der Waals surface area contributed by atoms with Crippen LogP contribution in [0, 0.1) is 0 Å². The van der Waals surface area contributed by atoms with Crippen molar-refractivity contribution in [2.45, 2.75) is 70.3 Å². The molecular formula is C41H39BN2O. The maximum absolute atomic E-state index is 6.93. The number of ether oxygens (including phenoxy) is 1. The predicted octanol–water partition coefficient (Wildman–Crippen LogP) is 8.96. The number of hydrogen-bond donors (Lipinski definition) is 0. The molecule has 222 valence electrons. The Labute approximate surface area is 267 Å². The Hall–Kier alpha value is -4.44. The van der Waals surface area contributed by atoms with E-state index in [2.05, 4.69) is 147 Å². The molecule has 5 aromatic carbocycles. The molecule has 0 spiro atoms. The Kier molecular flexibility index (Phi) is 5.70. The minimum absolute atomic E-state index is 0.0357. The van der Waals surface area contributed by atoms with Crippen LogP contribution in [0.3, 0.4) is 0 Å². The zero-order valence-corrected chi connectivity index (χ0v) is 26.7. The quantitative estimate of drug-likeness (QED) is 0.192. The van der Waals surface area contributed by atoms with Gasteiger partial charge in [0.15, 0.2) is 0 Å². The number of anilines is 5. The van der Waals surface area contributed by atoms with Gasteiger partial charge in [0.05, 0.1) is 5.54 Å². The summed E-state index contributed by atoms with van der Waals surface area (Å²) in [6.45, 7) is 9.92. The Balaban J connectivity index is 1.28. The van der Waals surface area contributed by atoms with Gasteiger partial charge in [-0.2, -0.15) is 0 Å². The van der Waals surface area contributed by atoms with Crippen LogP contribution < -0.4 is 30.9 Å². The molecule has 2 atom stereocenters. The monoisotopic (exact) mass is 586 g/mol. The number of para-hydroxylation sites is 2. The van der Waals surface area contributed by atoms with E-state index in [1.807, 2.05) is 0 Å². The first-order valence-electron chi connectivity index (χ1n) is 16.7. The first-order valence-corrected chi connectivity index (χ1v) is 16.7. The second-order valence-electron chi connectivity index (χ2n) is 14.3. The highest BCUT2D eigenvalue weighted by Gasteiger charge is 2.61. The molecule has 0 radical (unpaired) electrons. The summed E-state index contributed by atoms with van der Waals surface area (Å²) >= 11 is 0. The topological polar surface area (TPSA) is 15.7 Å². The number of nitrogens with zero attached hydrogens (tertiary/aromatic N) is 2. The van der Waals surface area contributed by atoms with Gasteiger partial charge in [-0.15, -0.1) is 0 Å². The number of hydrogen-bond acceptors (Lipinski definition) is 3. The third-order valence-corrected chi connectivity index (χ3v) is 11.6. The van der Waals surface area contributed by atoms with Crippen LogP contribution in [0.1, 0.15) is 70.4 Å². The number of benzene rings is 5. The molecule has 0 N–H and O–H groups in total. The molecule has 0 bridgehead atoms. The largest absolute Gasteiger partial charge is 0.458 e. The van der Waals surface area contributed by atoms with Crippen LogP contribution in [0.5, 0.6) is 11.5 Å². The molecule has 0 amide bonds. The molecule has 3 aliphatic heterocycles. The normalized spacial score (nSPS) is 21.9. The van der Waals surface area contributed by atoms with Gasteiger partial charge in [-0.25, -0.2) is 0 Å². The van der Waals surface area contributed by atoms with Gasteiger partial charge in [0, 0.05) is 39.9 Å². The lowest BCUT2D eigenvalue weighted by Crippen LogP contribution is -2.63. The van der Waals surface area contributed by atoms with Crippen LogP contribution in [0.25, 0.3) is 0 Å². The number of fused-ring (bicyclic) bond motifs is 7. The van der Waals surface area contributed by atoms with Crippen molar-refractivity contribution in [3.8, 4) is 11.5 Å². The van der Waals surface area contributed by atoms with Crippen molar-refractivity contribution in [3.63, 3.8) is 0 Å². The van der Waals surface area contributed by atoms with Gasteiger partial charge >= 0.3 is 0 Å². The van der Waals surface area contributed by atoms with Crippen LogP contribution in [-0.4, -0.2) is 12.3 Å². The zero-order chi connectivity index (χ0) is 30.5. The second-order valence-corrected chi connectivity index (χ2v) is 14.3. The Morgan fingerprint density at radius 1 is 0.711 bits per heavy atom. The Morgan fingerprint density at radius 2 is 1.42 bits per heavy atom. The standard InChI is InChI=1S/C41H39BN2O/c1-27(2)28-24-32-39-34(25-28)42-33-21-20-31(43(29-14-7-5-8-15-29)30-16-9-6-10-17-30)26-37(33)45-36-19-13-18-35(38(36)42)44(39)41(4)23-12-11-22-40(32,41)3/h5-10,13-21,24-27H,11-12,22-23H2,1-4H3. The lowest BCUT2D eigenvalue weighted by molar-refractivity contribution is 0.195. The summed E-state index contributed by atoms with van der Waals surface area (Å²) in [7, 11) is 0. The predicted molar refractivity (Wildman–Crippen MR) is 189 cm³/mol. The van der Waals surface area contributed by atoms with Crippen LogP contribution in [-0.2, 0) is 5.41 Å². The van der Waals surface area contributed by atoms with Gasteiger partial charge in [0.25, 0.3) is 6.71 Å². The average molecular weight is 587 g/mol. The lowest BCUT2D eigenvalue weighted by atomic mass is 9.34. The number of rotatable bonds is 4. The van der Waals surface area contributed by atoms with Crippen molar-refractivity contribution in [3.05, 3.63) is 120 Å². The van der Waals surface area contributed by atoms with E-state index in [4.69, 9.17) is 4.74 Å². The molecule has 9 rings (SSSR count). The molecule has 2 unspecified atom stereocenters. The molecule has 0 aromatic heterocycles. The van der Waals surface area contributed by atoms with Gasteiger partial charge in [-0.05, 0) is 95.7 Å². The first-order chi connectivity index (χ1) is 21.9. The zero-order valence-electron chi connectivity index (χ0n) is 26.7. The summed E-state index contributed by atoms with van der Waals surface area (Å²) in [5, 5.41) is 0. The van der Waals surface area contributed by atoms with E-state index in [0.717, 1.165) is 28.6 Å². The molecule has 1 saturated carbocycles. The van der Waals surface area contributed by atoms with E-state index in [1.165, 1.54) is 59.0 Å². The fraction of sp³-hybridized carbons (Fsp3) is 0.268. The molecule has 1 fully saturated rings. The Morgan fingerprint density at radius 3 is 2.13 bits per heavy atom. The second kappa shape index (κ2) is 9.53. The minimum atomic E-state index is 0.0357. The van der Waals surface area contributed by atoms with Crippen molar-refractivity contribution in [2.24, 2.45) is 0 Å². The fourth-order valence-electron chi connectivity index (χ4n) is 9.11. The smallest absolute Gasteiger partial charge is 0.256 e. The third-order valence-electron chi connectivity index (χ3n) is 11.6. The summed E-state index contributed by atoms with van der Waals surface area (Å²) in [5.41, 5.74) is 13.3. The highest BCUT2D eigenvalue weighted by Crippen LogP contribution is 2.61. The van der Waals surface area contributed by atoms with Crippen LogP contribution in [0.4, 0.5) is 28.4 Å². The molecule has 1 aliphatic carbocycles. The molecule has 4 aliphatic rings. The summed E-state index contributed by atoms with van der Waals surface area (Å²) in [6, 6.07) is 40.0. The van der Waals surface area contributed by atoms with E-state index in [-0.39, 0.29) is 17.7 Å². The molecule has 3 heterocycles. The van der Waals surface area contributed by atoms with Gasteiger partial charge in [-0.1, -0.05) is 94.3 Å². The summed E-state index contributed by atoms with van der Waals surface area (Å²) in [6.07, 6.45) is 5.02. The van der Waals surface area contributed by atoms with E-state index in [9.17, 15) is 0 Å². The van der Waals surface area contributed by atoms with Gasteiger partial charge in [0.1, 0.15) is 11.5 Å². The molecule has 5 aromatic rings. The summed E-state index contributed by atoms with van der Waals surface area (Å²) in [4.78, 5) is 5.08. The Bertz CT molecular complexity index is 1930. The first kappa shape index (κ1) is 26.9. The SMILES string of the molecule is CC(C)c1cc2c3c(c1)C1(C)CCCCC1(C)N3c1cccc3c1B2c1ccc(N(c2ccccc2)c2ccccc2)cc1O3. The van der Waals surface area contributed by atoms with Gasteiger partial charge in [0.2, 0.25) is 0 Å².